The van der Waals surface area contributed by atoms with Crippen molar-refractivity contribution in [3.05, 3.63) is 229 Å². The molecular weight excluding hydrogens is 701 g/mol. The molecule has 1 aliphatic carbocycles. The van der Waals surface area contributed by atoms with Gasteiger partial charge in [-0.15, -0.1) is 0 Å². The Hall–Kier alpha value is -7.48. The van der Waals surface area contributed by atoms with Crippen LogP contribution < -0.4 is 0 Å². The second kappa shape index (κ2) is 11.8. The Morgan fingerprint density at radius 2 is 0.897 bits per heavy atom. The minimum atomic E-state index is -0.550. The van der Waals surface area contributed by atoms with Gasteiger partial charge in [0, 0.05) is 10.8 Å². The van der Waals surface area contributed by atoms with Crippen molar-refractivity contribution in [3.8, 4) is 33.4 Å². The third-order valence-electron chi connectivity index (χ3n) is 13.0. The molecule has 0 fully saturated rings. The summed E-state index contributed by atoms with van der Waals surface area (Å²) >= 11 is 0. The average molecular weight is 735 g/mol. The monoisotopic (exact) mass is 734 g/mol. The van der Waals surface area contributed by atoms with Crippen LogP contribution in [0.3, 0.4) is 0 Å². The fourth-order valence-electron chi connectivity index (χ4n) is 10.5. The van der Waals surface area contributed by atoms with Crippen molar-refractivity contribution >= 4 is 65.0 Å². The summed E-state index contributed by atoms with van der Waals surface area (Å²) in [4.78, 5) is 0. The van der Waals surface area contributed by atoms with Crippen molar-refractivity contribution in [2.24, 2.45) is 0 Å². The maximum atomic E-state index is 6.24. The molecule has 0 radical (unpaired) electrons. The molecule has 0 aliphatic heterocycles. The van der Waals surface area contributed by atoms with E-state index >= 15 is 0 Å². The Bertz CT molecular complexity index is 3510. The van der Waals surface area contributed by atoms with E-state index in [2.05, 4.69) is 200 Å². The van der Waals surface area contributed by atoms with Gasteiger partial charge in [0.25, 0.3) is 0 Å². The SMILES string of the molecule is c1ccc(C2(c3ccccc3)c3cc(-c4cc5ccc6cccc7ccc(c4)c5c67)ccc3-c3cc4cccc(-c5ccc6oc7ccccc7c6c5)c4cc32)cc1. The van der Waals surface area contributed by atoms with E-state index in [1.54, 1.807) is 0 Å². The molecule has 0 N–H and O–H groups in total. The second-order valence-electron chi connectivity index (χ2n) is 16.0. The molecule has 0 saturated carbocycles. The fraction of sp³-hybridized carbons (Fsp3) is 0.0175. The van der Waals surface area contributed by atoms with Gasteiger partial charge in [0.2, 0.25) is 0 Å². The number of furan rings is 1. The van der Waals surface area contributed by atoms with Crippen LogP contribution in [0.15, 0.2) is 211 Å². The summed E-state index contributed by atoms with van der Waals surface area (Å²) in [6.07, 6.45) is 0. The van der Waals surface area contributed by atoms with E-state index in [0.717, 1.165) is 21.9 Å². The van der Waals surface area contributed by atoms with Crippen molar-refractivity contribution in [1.82, 2.24) is 0 Å². The number of fused-ring (bicyclic) bond motifs is 7. The van der Waals surface area contributed by atoms with Crippen LogP contribution in [0.5, 0.6) is 0 Å². The van der Waals surface area contributed by atoms with E-state index in [1.165, 1.54) is 98.7 Å². The number of para-hydroxylation sites is 1. The molecule has 13 rings (SSSR count). The predicted octanol–water partition coefficient (Wildman–Crippen LogP) is 15.3. The van der Waals surface area contributed by atoms with Crippen molar-refractivity contribution in [2.75, 3.05) is 0 Å². The number of benzene rings is 11. The minimum Gasteiger partial charge on any atom is -0.456 e. The lowest BCUT2D eigenvalue weighted by molar-refractivity contribution is 0.669. The van der Waals surface area contributed by atoms with E-state index in [-0.39, 0.29) is 0 Å². The van der Waals surface area contributed by atoms with Gasteiger partial charge >= 0.3 is 0 Å². The normalized spacial score (nSPS) is 13.3. The Labute approximate surface area is 335 Å². The molecule has 1 aromatic heterocycles. The van der Waals surface area contributed by atoms with E-state index in [4.69, 9.17) is 4.42 Å². The van der Waals surface area contributed by atoms with Gasteiger partial charge < -0.3 is 4.42 Å². The van der Waals surface area contributed by atoms with Gasteiger partial charge in [-0.3, -0.25) is 0 Å². The first-order chi connectivity index (χ1) is 28.7. The third kappa shape index (κ3) is 4.31. The summed E-state index contributed by atoms with van der Waals surface area (Å²) in [6.45, 7) is 0. The number of hydrogen-bond acceptors (Lipinski definition) is 1. The highest BCUT2D eigenvalue weighted by Gasteiger charge is 2.46. The van der Waals surface area contributed by atoms with Gasteiger partial charge in [0.05, 0.1) is 5.41 Å². The zero-order chi connectivity index (χ0) is 38.0. The molecule has 1 aliphatic rings. The van der Waals surface area contributed by atoms with Crippen molar-refractivity contribution < 1.29 is 4.42 Å². The number of rotatable bonds is 4. The summed E-state index contributed by atoms with van der Waals surface area (Å²) in [5, 5.41) is 12.6. The summed E-state index contributed by atoms with van der Waals surface area (Å²) in [7, 11) is 0. The first-order valence-electron chi connectivity index (χ1n) is 20.2. The molecule has 12 aromatic rings. The van der Waals surface area contributed by atoms with Crippen molar-refractivity contribution in [3.63, 3.8) is 0 Å². The van der Waals surface area contributed by atoms with Gasteiger partial charge in [0.15, 0.2) is 0 Å². The highest BCUT2D eigenvalue weighted by atomic mass is 16.3. The van der Waals surface area contributed by atoms with Gasteiger partial charge in [0.1, 0.15) is 11.2 Å². The van der Waals surface area contributed by atoms with Gasteiger partial charge in [-0.05, 0) is 147 Å². The quantitative estimate of drug-likeness (QED) is 0.164. The molecule has 0 bridgehead atoms. The molecule has 0 atom stereocenters. The zero-order valence-electron chi connectivity index (χ0n) is 31.5. The number of hydrogen-bond donors (Lipinski definition) is 0. The van der Waals surface area contributed by atoms with Crippen LogP contribution in [-0.4, -0.2) is 0 Å². The Balaban J connectivity index is 1.08. The third-order valence-corrected chi connectivity index (χ3v) is 13.0. The first kappa shape index (κ1) is 31.7. The Kier molecular flexibility index (Phi) is 6.43. The molecule has 0 spiro atoms. The Morgan fingerprint density at radius 3 is 1.66 bits per heavy atom. The van der Waals surface area contributed by atoms with Gasteiger partial charge in [-0.25, -0.2) is 0 Å². The minimum absolute atomic E-state index is 0.550. The first-order valence-corrected chi connectivity index (χ1v) is 20.2. The molecule has 1 nitrogen and oxygen atoms in total. The van der Waals surface area contributed by atoms with Crippen LogP contribution in [0.25, 0.3) is 98.4 Å². The maximum Gasteiger partial charge on any atom is 0.135 e. The topological polar surface area (TPSA) is 13.1 Å². The zero-order valence-corrected chi connectivity index (χ0v) is 31.5. The molecule has 0 amide bonds. The average Bonchev–Trinajstić information content (AvgIpc) is 3.80. The molecule has 58 heavy (non-hydrogen) atoms. The molecule has 1 heteroatoms. The van der Waals surface area contributed by atoms with Crippen LogP contribution >= 0.6 is 0 Å². The van der Waals surface area contributed by atoms with Crippen molar-refractivity contribution in [2.45, 2.75) is 5.41 Å². The van der Waals surface area contributed by atoms with E-state index < -0.39 is 5.41 Å². The second-order valence-corrected chi connectivity index (χ2v) is 16.0. The molecule has 11 aromatic carbocycles. The molecule has 1 heterocycles. The largest absolute Gasteiger partial charge is 0.456 e. The van der Waals surface area contributed by atoms with Crippen LogP contribution in [0.4, 0.5) is 0 Å². The molecule has 0 saturated heterocycles. The molecular formula is C57H34O. The van der Waals surface area contributed by atoms with Crippen molar-refractivity contribution in [1.29, 1.82) is 0 Å². The Morgan fingerprint density at radius 1 is 0.293 bits per heavy atom. The van der Waals surface area contributed by atoms with Crippen LogP contribution in [0, 0.1) is 0 Å². The highest BCUT2D eigenvalue weighted by molar-refractivity contribution is 6.23. The lowest BCUT2D eigenvalue weighted by atomic mass is 9.67. The summed E-state index contributed by atoms with van der Waals surface area (Å²) in [5.74, 6) is 0. The maximum absolute atomic E-state index is 6.24. The van der Waals surface area contributed by atoms with E-state index in [1.807, 2.05) is 6.07 Å². The van der Waals surface area contributed by atoms with Crippen LogP contribution in [0.1, 0.15) is 22.3 Å². The van der Waals surface area contributed by atoms with E-state index in [9.17, 15) is 0 Å². The van der Waals surface area contributed by atoms with Gasteiger partial charge in [-0.1, -0.05) is 158 Å². The molecule has 0 unspecified atom stereocenters. The predicted molar refractivity (Wildman–Crippen MR) is 243 cm³/mol. The highest BCUT2D eigenvalue weighted by Crippen LogP contribution is 2.58. The summed E-state index contributed by atoms with van der Waals surface area (Å²) < 4.78 is 6.24. The standard InChI is InChI=1S/C57H34O/c1-3-14-43(15-4-1)57(44-16-5-2-6-17-44)51-33-37(42-29-40-23-21-35-11-9-12-36-22-24-41(30-42)56(40)55(35)36)25-27-46(51)49-31-38-13-10-19-45(48(38)34-52(49)57)39-26-28-54-50(32-39)47-18-7-8-20-53(47)58-54/h1-34H. The lowest BCUT2D eigenvalue weighted by Gasteiger charge is -2.34. The lowest BCUT2D eigenvalue weighted by Crippen LogP contribution is -2.28. The summed E-state index contributed by atoms with van der Waals surface area (Å²) in [5.41, 5.74) is 13.8. The van der Waals surface area contributed by atoms with Gasteiger partial charge in [-0.2, -0.15) is 0 Å². The fourth-order valence-corrected chi connectivity index (χ4v) is 10.5. The smallest absolute Gasteiger partial charge is 0.135 e. The molecule has 268 valence electrons. The summed E-state index contributed by atoms with van der Waals surface area (Å²) in [6, 6.07) is 76.8. The van der Waals surface area contributed by atoms with Crippen LogP contribution in [0.2, 0.25) is 0 Å². The van der Waals surface area contributed by atoms with Crippen LogP contribution in [-0.2, 0) is 5.41 Å². The van der Waals surface area contributed by atoms with E-state index in [0.29, 0.717) is 0 Å².